The van der Waals surface area contributed by atoms with Crippen LogP contribution >= 0.6 is 0 Å². The molecule has 0 bridgehead atoms. The summed E-state index contributed by atoms with van der Waals surface area (Å²) in [7, 11) is 1.26. The number of nitrogens with zero attached hydrogens (tertiary/aromatic N) is 2. The number of non-ortho nitro benzene ring substituents is 1. The number of benzene rings is 1. The van der Waals surface area contributed by atoms with Gasteiger partial charge in [0.25, 0.3) is 11.4 Å². The van der Waals surface area contributed by atoms with Crippen molar-refractivity contribution < 1.29 is 19.7 Å². The molecule has 0 heterocycles. The van der Waals surface area contributed by atoms with Gasteiger partial charge in [-0.2, -0.15) is 0 Å². The van der Waals surface area contributed by atoms with Crippen molar-refractivity contribution in [3.05, 3.63) is 37.9 Å². The minimum Gasteiger partial charge on any atom is -0.545 e. The minimum absolute atomic E-state index is 0. The molecule has 5 N–H and O–H groups in total. The average molecular weight is 258 g/mol. The molecule has 18 heavy (non-hydrogen) atoms. The van der Waals surface area contributed by atoms with Crippen LogP contribution in [0.15, 0.2) is 12.1 Å². The van der Waals surface area contributed by atoms with Crippen LogP contribution in [-0.2, 0) is 0 Å². The molecule has 0 fully saturated rings. The average Bonchev–Trinajstić information content (AvgIpc) is 2.26. The maximum absolute atomic E-state index is 10.7. The number of aromatic carboxylic acids is 1. The molecule has 1 aromatic carbocycles. The molecule has 0 atom stereocenters. The van der Waals surface area contributed by atoms with Crippen LogP contribution in [0.5, 0.6) is 0 Å². The Morgan fingerprint density at radius 3 is 2.11 bits per heavy atom. The molecule has 1 rings (SSSR count). The van der Waals surface area contributed by atoms with Gasteiger partial charge in [0, 0.05) is 18.7 Å². The molecule has 98 valence electrons. The van der Waals surface area contributed by atoms with Gasteiger partial charge < -0.3 is 21.4 Å². The maximum Gasteiger partial charge on any atom is 0.299 e. The Morgan fingerprint density at radius 2 is 1.78 bits per heavy atom. The Morgan fingerprint density at radius 1 is 1.22 bits per heavy atom. The Labute approximate surface area is 100 Å². The molecule has 10 nitrogen and oxygen atoms in total. The van der Waals surface area contributed by atoms with Crippen molar-refractivity contribution in [2.24, 2.45) is 0 Å². The lowest BCUT2D eigenvalue weighted by Crippen LogP contribution is -2.24. The molecule has 0 saturated heterocycles. The molecular weight excluding hydrogens is 248 g/mol. The van der Waals surface area contributed by atoms with Crippen molar-refractivity contribution >= 4 is 23.0 Å². The highest BCUT2D eigenvalue weighted by Crippen LogP contribution is 2.32. The van der Waals surface area contributed by atoms with Crippen molar-refractivity contribution in [3.8, 4) is 0 Å². The highest BCUT2D eigenvalue weighted by atomic mass is 16.6. The van der Waals surface area contributed by atoms with Gasteiger partial charge in [-0.25, -0.2) is 0 Å². The molecule has 0 spiro atoms. The van der Waals surface area contributed by atoms with Gasteiger partial charge in [-0.05, 0) is 0 Å². The van der Waals surface area contributed by atoms with E-state index in [0.29, 0.717) is 12.1 Å². The second-order valence-electron chi connectivity index (χ2n) is 2.94. The van der Waals surface area contributed by atoms with E-state index in [4.69, 9.17) is 0 Å². The van der Waals surface area contributed by atoms with Gasteiger partial charge in [0.05, 0.1) is 21.9 Å². The third-order valence-electron chi connectivity index (χ3n) is 1.98. The van der Waals surface area contributed by atoms with E-state index in [1.54, 1.807) is 0 Å². The van der Waals surface area contributed by atoms with Crippen LogP contribution in [-0.4, -0.2) is 22.9 Å². The van der Waals surface area contributed by atoms with Crippen LogP contribution in [0, 0.1) is 20.2 Å². The van der Waals surface area contributed by atoms with Gasteiger partial charge in [0.1, 0.15) is 5.69 Å². The Kier molecular flexibility index (Phi) is 4.69. The van der Waals surface area contributed by atoms with E-state index in [0.717, 1.165) is 0 Å². The smallest absolute Gasteiger partial charge is 0.299 e. The van der Waals surface area contributed by atoms with Crippen LogP contribution < -0.4 is 16.6 Å². The minimum atomic E-state index is -1.74. The van der Waals surface area contributed by atoms with Crippen LogP contribution in [0.4, 0.5) is 17.1 Å². The fourth-order valence-electron chi connectivity index (χ4n) is 1.29. The number of carboxylic acid groups (broad SMARTS) is 1. The number of rotatable bonds is 4. The molecular formula is C8H10N4O6. The summed E-state index contributed by atoms with van der Waals surface area (Å²) in [6.45, 7) is 0. The van der Waals surface area contributed by atoms with Crippen molar-refractivity contribution in [2.45, 2.75) is 0 Å². The Hall–Kier alpha value is -2.75. The molecule has 1 aromatic rings. The standard InChI is InChI=1S/C8H7N3O6.H3N/c1-9-7-5(8(12)13)2-4(10(14)15)3-6(7)11(16)17;/h2-3,9H,1H3,(H,12,13);1H3. The quantitative estimate of drug-likeness (QED) is 0.575. The number of nitro groups is 2. The third kappa shape index (κ3) is 2.68. The number of hydrogen-bond donors (Lipinski definition) is 2. The van der Waals surface area contributed by atoms with Crippen LogP contribution in [0.25, 0.3) is 0 Å². The second-order valence-corrected chi connectivity index (χ2v) is 2.94. The number of hydrogen-bond acceptors (Lipinski definition) is 7. The molecule has 0 radical (unpaired) electrons. The maximum atomic E-state index is 10.7. The van der Waals surface area contributed by atoms with Crippen LogP contribution in [0.1, 0.15) is 10.4 Å². The number of anilines is 1. The first-order valence-corrected chi connectivity index (χ1v) is 4.24. The van der Waals surface area contributed by atoms with E-state index in [-0.39, 0.29) is 11.8 Å². The highest BCUT2D eigenvalue weighted by Gasteiger charge is 2.23. The van der Waals surface area contributed by atoms with E-state index in [1.165, 1.54) is 7.05 Å². The number of carbonyl (C=O) groups is 1. The molecule has 10 heteroatoms. The first-order valence-electron chi connectivity index (χ1n) is 4.24. The normalized spacial score (nSPS) is 9.17. The molecule has 0 aliphatic carbocycles. The second kappa shape index (κ2) is 5.54. The fraction of sp³-hybridized carbons (Fsp3) is 0.125. The first-order chi connectivity index (χ1) is 7.88. The topological polar surface area (TPSA) is 175 Å². The summed E-state index contributed by atoms with van der Waals surface area (Å²) >= 11 is 0. The van der Waals surface area contributed by atoms with Gasteiger partial charge >= 0.3 is 0 Å². The zero-order valence-electron chi connectivity index (χ0n) is 9.50. The van der Waals surface area contributed by atoms with Gasteiger partial charge in [0.2, 0.25) is 0 Å². The SMILES string of the molecule is CNc1c(C(=O)[O-])cc([N+](=O)[O-])cc1[N+](=O)[O-].[NH4+]. The molecule has 0 aliphatic rings. The zero-order valence-corrected chi connectivity index (χ0v) is 9.50. The van der Waals surface area contributed by atoms with Gasteiger partial charge in [-0.1, -0.05) is 0 Å². The highest BCUT2D eigenvalue weighted by molar-refractivity contribution is 5.96. The van der Waals surface area contributed by atoms with Gasteiger partial charge in [0.15, 0.2) is 0 Å². The summed E-state index contributed by atoms with van der Waals surface area (Å²) in [6.07, 6.45) is 0. The first kappa shape index (κ1) is 15.2. The summed E-state index contributed by atoms with van der Waals surface area (Å²) < 4.78 is 0. The molecule has 0 saturated carbocycles. The van der Waals surface area contributed by atoms with Crippen LogP contribution in [0.2, 0.25) is 0 Å². The lowest BCUT2D eigenvalue weighted by Gasteiger charge is -2.09. The fourth-order valence-corrected chi connectivity index (χ4v) is 1.29. The summed E-state index contributed by atoms with van der Waals surface area (Å²) in [4.78, 5) is 30.1. The van der Waals surface area contributed by atoms with Crippen molar-refractivity contribution in [2.75, 3.05) is 12.4 Å². The number of carboxylic acids is 1. The summed E-state index contributed by atoms with van der Waals surface area (Å²) in [5.41, 5.74) is -2.34. The predicted molar refractivity (Wildman–Crippen MR) is 59.6 cm³/mol. The van der Waals surface area contributed by atoms with E-state index in [2.05, 4.69) is 5.32 Å². The number of quaternary nitrogens is 1. The number of nitrogens with one attached hydrogen (secondary N) is 1. The van der Waals surface area contributed by atoms with E-state index in [1.807, 2.05) is 0 Å². The van der Waals surface area contributed by atoms with Crippen LogP contribution in [0.3, 0.4) is 0 Å². The summed E-state index contributed by atoms with van der Waals surface area (Å²) in [5, 5.41) is 34.2. The number of carbonyl (C=O) groups excluding carboxylic acids is 1. The zero-order chi connectivity index (χ0) is 13.2. The van der Waals surface area contributed by atoms with Gasteiger partial charge in [-0.15, -0.1) is 0 Å². The van der Waals surface area contributed by atoms with Crippen molar-refractivity contribution in [1.29, 1.82) is 0 Å². The molecule has 0 aliphatic heterocycles. The van der Waals surface area contributed by atoms with E-state index >= 15 is 0 Å². The molecule has 0 unspecified atom stereocenters. The van der Waals surface area contributed by atoms with E-state index in [9.17, 15) is 30.1 Å². The summed E-state index contributed by atoms with van der Waals surface area (Å²) in [6, 6.07) is 1.38. The van der Waals surface area contributed by atoms with Crippen molar-refractivity contribution in [3.63, 3.8) is 0 Å². The van der Waals surface area contributed by atoms with E-state index < -0.39 is 32.8 Å². The monoisotopic (exact) mass is 258 g/mol. The Bertz CT molecular complexity index is 479. The lowest BCUT2D eigenvalue weighted by atomic mass is 10.1. The lowest BCUT2D eigenvalue weighted by molar-refractivity contribution is -0.393. The molecule has 0 aromatic heterocycles. The Balaban J connectivity index is 0.00000289. The van der Waals surface area contributed by atoms with Crippen molar-refractivity contribution in [1.82, 2.24) is 6.15 Å². The van der Waals surface area contributed by atoms with Gasteiger partial charge in [-0.3, -0.25) is 20.2 Å². The summed E-state index contributed by atoms with van der Waals surface area (Å²) in [5.74, 6) is -1.74. The predicted octanol–water partition coefficient (Wildman–Crippen LogP) is 0.284. The third-order valence-corrected chi connectivity index (χ3v) is 1.98. The largest absolute Gasteiger partial charge is 0.545 e. The number of nitro benzene ring substituents is 2. The molecule has 0 amide bonds.